The van der Waals surface area contributed by atoms with Crippen molar-refractivity contribution in [3.8, 4) is 5.75 Å². The van der Waals surface area contributed by atoms with Crippen molar-refractivity contribution in [2.75, 3.05) is 20.7 Å². The van der Waals surface area contributed by atoms with Gasteiger partial charge in [0.1, 0.15) is 5.75 Å². The number of hydrogen-bond donors (Lipinski definition) is 1. The van der Waals surface area contributed by atoms with E-state index in [1.807, 2.05) is 0 Å². The second kappa shape index (κ2) is 6.26. The summed E-state index contributed by atoms with van der Waals surface area (Å²) >= 11 is 5.83. The molecule has 6 heteroatoms. The Morgan fingerprint density at radius 3 is 2.67 bits per heavy atom. The number of amides is 1. The third-order valence-corrected chi connectivity index (χ3v) is 2.63. The Morgan fingerprint density at radius 1 is 1.44 bits per heavy atom. The van der Waals surface area contributed by atoms with Crippen molar-refractivity contribution in [1.29, 1.82) is 0 Å². The quantitative estimate of drug-likeness (QED) is 0.888. The Hall–Kier alpha value is -1.75. The first-order chi connectivity index (χ1) is 8.45. The van der Waals surface area contributed by atoms with Crippen LogP contribution >= 0.6 is 11.6 Å². The van der Waals surface area contributed by atoms with E-state index < -0.39 is 5.97 Å². The SMILES string of the molecule is COc1ccc(Cl)cc1C(=O)N(C)CCC(=O)O. The van der Waals surface area contributed by atoms with Gasteiger partial charge in [-0.1, -0.05) is 11.6 Å². The first-order valence-electron chi connectivity index (χ1n) is 5.26. The molecular weight excluding hydrogens is 258 g/mol. The smallest absolute Gasteiger partial charge is 0.305 e. The third kappa shape index (κ3) is 3.63. The number of carboxylic acids is 1. The number of rotatable bonds is 5. The molecule has 0 unspecified atom stereocenters. The van der Waals surface area contributed by atoms with Crippen molar-refractivity contribution in [3.63, 3.8) is 0 Å². The van der Waals surface area contributed by atoms with Crippen LogP contribution in [0.5, 0.6) is 5.75 Å². The number of methoxy groups -OCH3 is 1. The number of carbonyl (C=O) groups excluding carboxylic acids is 1. The zero-order valence-corrected chi connectivity index (χ0v) is 10.9. The summed E-state index contributed by atoms with van der Waals surface area (Å²) in [6.45, 7) is 0.129. The van der Waals surface area contributed by atoms with E-state index in [9.17, 15) is 9.59 Å². The van der Waals surface area contributed by atoms with Crippen molar-refractivity contribution in [1.82, 2.24) is 4.90 Å². The van der Waals surface area contributed by atoms with Crippen LogP contribution in [0.3, 0.4) is 0 Å². The standard InChI is InChI=1S/C12H14ClNO4/c1-14(6-5-11(15)16)12(17)9-7-8(13)3-4-10(9)18-2/h3-4,7H,5-6H2,1-2H3,(H,15,16). The average Bonchev–Trinajstić information content (AvgIpc) is 2.34. The highest BCUT2D eigenvalue weighted by Crippen LogP contribution is 2.23. The summed E-state index contributed by atoms with van der Waals surface area (Å²) < 4.78 is 5.07. The van der Waals surface area contributed by atoms with Gasteiger partial charge in [-0.05, 0) is 18.2 Å². The summed E-state index contributed by atoms with van der Waals surface area (Å²) in [5.41, 5.74) is 0.317. The van der Waals surface area contributed by atoms with Crippen LogP contribution in [0.15, 0.2) is 18.2 Å². The molecule has 1 rings (SSSR count). The molecule has 18 heavy (non-hydrogen) atoms. The Morgan fingerprint density at radius 2 is 2.11 bits per heavy atom. The van der Waals surface area contributed by atoms with E-state index in [1.165, 1.54) is 25.1 Å². The molecule has 1 amide bonds. The zero-order valence-electron chi connectivity index (χ0n) is 10.1. The minimum absolute atomic E-state index is 0.106. The lowest BCUT2D eigenvalue weighted by atomic mass is 10.1. The number of halogens is 1. The van der Waals surface area contributed by atoms with Gasteiger partial charge in [-0.15, -0.1) is 0 Å². The minimum Gasteiger partial charge on any atom is -0.496 e. The molecule has 0 radical (unpaired) electrons. The van der Waals surface area contributed by atoms with E-state index >= 15 is 0 Å². The van der Waals surface area contributed by atoms with E-state index in [2.05, 4.69) is 0 Å². The monoisotopic (exact) mass is 271 g/mol. The summed E-state index contributed by atoms with van der Waals surface area (Å²) in [7, 11) is 2.99. The Labute approximate surface area is 110 Å². The van der Waals surface area contributed by atoms with Gasteiger partial charge >= 0.3 is 5.97 Å². The molecule has 0 aliphatic heterocycles. The van der Waals surface area contributed by atoms with Crippen LogP contribution < -0.4 is 4.74 Å². The van der Waals surface area contributed by atoms with Crippen molar-refractivity contribution in [2.24, 2.45) is 0 Å². The van der Waals surface area contributed by atoms with Gasteiger partial charge in [-0.25, -0.2) is 0 Å². The maximum absolute atomic E-state index is 12.1. The molecule has 5 nitrogen and oxygen atoms in total. The predicted octanol–water partition coefficient (Wildman–Crippen LogP) is 1.90. The van der Waals surface area contributed by atoms with E-state index in [-0.39, 0.29) is 18.9 Å². The molecule has 0 aliphatic rings. The van der Waals surface area contributed by atoms with Crippen LogP contribution in [0.4, 0.5) is 0 Å². The Balaban J connectivity index is 2.88. The fourth-order valence-electron chi connectivity index (χ4n) is 1.42. The summed E-state index contributed by atoms with van der Waals surface area (Å²) in [6, 6.07) is 4.72. The molecule has 0 saturated heterocycles. The molecule has 98 valence electrons. The molecular formula is C12H14ClNO4. The van der Waals surface area contributed by atoms with Crippen molar-refractivity contribution in [3.05, 3.63) is 28.8 Å². The molecule has 0 aliphatic carbocycles. The number of nitrogens with zero attached hydrogens (tertiary/aromatic N) is 1. The van der Waals surface area contributed by atoms with E-state index in [1.54, 1.807) is 12.1 Å². The third-order valence-electron chi connectivity index (χ3n) is 2.40. The van der Waals surface area contributed by atoms with Crippen LogP contribution in [-0.4, -0.2) is 42.6 Å². The first-order valence-corrected chi connectivity index (χ1v) is 5.64. The number of benzene rings is 1. The predicted molar refractivity (Wildman–Crippen MR) is 67.2 cm³/mol. The average molecular weight is 272 g/mol. The number of carbonyl (C=O) groups is 2. The van der Waals surface area contributed by atoms with E-state index in [0.717, 1.165) is 0 Å². The van der Waals surface area contributed by atoms with Gasteiger partial charge in [0.15, 0.2) is 0 Å². The second-order valence-electron chi connectivity index (χ2n) is 3.72. The van der Waals surface area contributed by atoms with Gasteiger partial charge in [0.25, 0.3) is 5.91 Å². The molecule has 1 aromatic rings. The Bertz CT molecular complexity index is 461. The number of ether oxygens (including phenoxy) is 1. The maximum Gasteiger partial charge on any atom is 0.305 e. The van der Waals surface area contributed by atoms with Gasteiger partial charge in [0.05, 0.1) is 19.1 Å². The molecule has 0 spiro atoms. The van der Waals surface area contributed by atoms with Crippen LogP contribution in [-0.2, 0) is 4.79 Å². The van der Waals surface area contributed by atoms with Gasteiger partial charge in [0.2, 0.25) is 0 Å². The van der Waals surface area contributed by atoms with E-state index in [4.69, 9.17) is 21.4 Å². The van der Waals surface area contributed by atoms with Crippen molar-refractivity contribution < 1.29 is 19.4 Å². The fourth-order valence-corrected chi connectivity index (χ4v) is 1.59. The Kier molecular flexibility index (Phi) is 4.97. The van der Waals surface area contributed by atoms with Crippen LogP contribution in [0.1, 0.15) is 16.8 Å². The first kappa shape index (κ1) is 14.3. The highest BCUT2D eigenvalue weighted by atomic mass is 35.5. The normalized spacial score (nSPS) is 9.94. The summed E-state index contributed by atoms with van der Waals surface area (Å²) in [6.07, 6.45) is -0.106. The highest BCUT2D eigenvalue weighted by Gasteiger charge is 2.17. The van der Waals surface area contributed by atoms with Gasteiger partial charge in [-0.2, -0.15) is 0 Å². The molecule has 0 aromatic heterocycles. The summed E-state index contributed by atoms with van der Waals surface area (Å²) in [4.78, 5) is 23.9. The molecule has 0 saturated carbocycles. The number of hydrogen-bond acceptors (Lipinski definition) is 3. The van der Waals surface area contributed by atoms with Crippen LogP contribution in [0, 0.1) is 0 Å². The molecule has 1 aromatic carbocycles. The largest absolute Gasteiger partial charge is 0.496 e. The molecule has 0 bridgehead atoms. The molecule has 0 atom stereocenters. The topological polar surface area (TPSA) is 66.8 Å². The molecule has 0 fully saturated rings. The minimum atomic E-state index is -0.951. The number of carboxylic acid groups (broad SMARTS) is 1. The fraction of sp³-hybridized carbons (Fsp3) is 0.333. The lowest BCUT2D eigenvalue weighted by Gasteiger charge is -2.17. The van der Waals surface area contributed by atoms with Crippen LogP contribution in [0.2, 0.25) is 5.02 Å². The number of aliphatic carboxylic acids is 1. The van der Waals surface area contributed by atoms with Gasteiger partial charge < -0.3 is 14.7 Å². The van der Waals surface area contributed by atoms with E-state index in [0.29, 0.717) is 16.3 Å². The summed E-state index contributed by atoms with van der Waals surface area (Å²) in [5, 5.41) is 9.00. The van der Waals surface area contributed by atoms with Gasteiger partial charge in [-0.3, -0.25) is 9.59 Å². The lowest BCUT2D eigenvalue weighted by molar-refractivity contribution is -0.137. The van der Waals surface area contributed by atoms with Crippen molar-refractivity contribution in [2.45, 2.75) is 6.42 Å². The highest BCUT2D eigenvalue weighted by molar-refractivity contribution is 6.31. The molecule has 1 N–H and O–H groups in total. The van der Waals surface area contributed by atoms with Gasteiger partial charge in [0, 0.05) is 18.6 Å². The molecule has 0 heterocycles. The van der Waals surface area contributed by atoms with Crippen molar-refractivity contribution >= 4 is 23.5 Å². The second-order valence-corrected chi connectivity index (χ2v) is 4.15. The maximum atomic E-state index is 12.1. The zero-order chi connectivity index (χ0) is 13.7. The lowest BCUT2D eigenvalue weighted by Crippen LogP contribution is -2.29. The van der Waals surface area contributed by atoms with Crippen LogP contribution in [0.25, 0.3) is 0 Å². The summed E-state index contributed by atoms with van der Waals surface area (Å²) in [5.74, 6) is -0.866.